The molecule has 0 spiro atoms. The summed E-state index contributed by atoms with van der Waals surface area (Å²) in [4.78, 5) is 8.63. The molecule has 2 aromatic carbocycles. The third-order valence-electron chi connectivity index (χ3n) is 5.26. The Morgan fingerprint density at radius 2 is 2.08 bits per heavy atom. The van der Waals surface area contributed by atoms with Crippen LogP contribution in [0.25, 0.3) is 21.9 Å². The summed E-state index contributed by atoms with van der Waals surface area (Å²) in [7, 11) is 1.69. The van der Waals surface area contributed by atoms with E-state index in [0.29, 0.717) is 5.92 Å². The first-order valence-electron chi connectivity index (χ1n) is 8.61. The van der Waals surface area contributed by atoms with Crippen molar-refractivity contribution in [1.82, 2.24) is 9.97 Å². The predicted molar refractivity (Wildman–Crippen MR) is 97.1 cm³/mol. The number of para-hydroxylation sites is 1. The van der Waals surface area contributed by atoms with Crippen molar-refractivity contribution in [3.05, 3.63) is 65.7 Å². The van der Waals surface area contributed by atoms with Crippen molar-refractivity contribution in [1.29, 1.82) is 0 Å². The standard InChI is InChI=1S/C21H18N2O2/c1-24-19-9-7-15(13-6-8-17-14(10-13)11-22-12-23-17)20-16-4-2-3-5-18(16)25-21(19)20/h2-5,7,9,11-13H,6,8,10H2,1H3. The second kappa shape index (κ2) is 5.59. The quantitative estimate of drug-likeness (QED) is 0.536. The fourth-order valence-corrected chi connectivity index (χ4v) is 4.05. The van der Waals surface area contributed by atoms with Crippen molar-refractivity contribution in [2.24, 2.45) is 0 Å². The SMILES string of the molecule is COc1ccc(C2CCc3ncncc3C2)c2c1oc1ccccc12. The normalized spacial score (nSPS) is 16.9. The van der Waals surface area contributed by atoms with Crippen LogP contribution in [-0.4, -0.2) is 17.1 Å². The molecule has 4 nitrogen and oxygen atoms in total. The van der Waals surface area contributed by atoms with E-state index in [-0.39, 0.29) is 0 Å². The van der Waals surface area contributed by atoms with Gasteiger partial charge in [0, 0.05) is 22.7 Å². The van der Waals surface area contributed by atoms with Crippen molar-refractivity contribution in [2.75, 3.05) is 7.11 Å². The lowest BCUT2D eigenvalue weighted by atomic mass is 9.81. The summed E-state index contributed by atoms with van der Waals surface area (Å²) in [5, 5.41) is 2.33. The van der Waals surface area contributed by atoms with Crippen LogP contribution in [0.15, 0.2) is 53.3 Å². The van der Waals surface area contributed by atoms with Crippen molar-refractivity contribution in [3.63, 3.8) is 0 Å². The Labute approximate surface area is 145 Å². The Bertz CT molecular complexity index is 1080. The van der Waals surface area contributed by atoms with Crippen LogP contribution in [0.1, 0.15) is 29.2 Å². The molecule has 0 aliphatic heterocycles. The van der Waals surface area contributed by atoms with Crippen molar-refractivity contribution < 1.29 is 9.15 Å². The van der Waals surface area contributed by atoms with Gasteiger partial charge in [-0.05, 0) is 48.4 Å². The zero-order valence-electron chi connectivity index (χ0n) is 14.0. The van der Waals surface area contributed by atoms with Crippen LogP contribution in [0, 0.1) is 0 Å². The van der Waals surface area contributed by atoms with Crippen molar-refractivity contribution in [2.45, 2.75) is 25.2 Å². The Morgan fingerprint density at radius 1 is 1.16 bits per heavy atom. The first-order valence-corrected chi connectivity index (χ1v) is 8.61. The fourth-order valence-electron chi connectivity index (χ4n) is 4.05. The van der Waals surface area contributed by atoms with Crippen LogP contribution in [-0.2, 0) is 12.8 Å². The molecular formula is C21H18N2O2. The maximum absolute atomic E-state index is 6.13. The van der Waals surface area contributed by atoms with Crippen LogP contribution in [0.5, 0.6) is 5.75 Å². The molecule has 0 radical (unpaired) electrons. The second-order valence-corrected chi connectivity index (χ2v) is 6.59. The summed E-state index contributed by atoms with van der Waals surface area (Å²) in [6.45, 7) is 0. The Morgan fingerprint density at radius 3 is 3.00 bits per heavy atom. The van der Waals surface area contributed by atoms with Gasteiger partial charge >= 0.3 is 0 Å². The minimum atomic E-state index is 0.438. The summed E-state index contributed by atoms with van der Waals surface area (Å²) in [5.74, 6) is 1.22. The van der Waals surface area contributed by atoms with E-state index < -0.39 is 0 Å². The summed E-state index contributed by atoms with van der Waals surface area (Å²) in [6, 6.07) is 12.4. The molecule has 2 aromatic heterocycles. The third-order valence-corrected chi connectivity index (χ3v) is 5.26. The van der Waals surface area contributed by atoms with E-state index in [4.69, 9.17) is 9.15 Å². The summed E-state index contributed by atoms with van der Waals surface area (Å²) >= 11 is 0. The molecular weight excluding hydrogens is 312 g/mol. The minimum absolute atomic E-state index is 0.438. The molecule has 25 heavy (non-hydrogen) atoms. The molecule has 1 atom stereocenters. The Balaban J connectivity index is 1.72. The highest BCUT2D eigenvalue weighted by Crippen LogP contribution is 2.42. The largest absolute Gasteiger partial charge is 0.493 e. The number of nitrogens with zero attached hydrogens (tertiary/aromatic N) is 2. The molecule has 0 N–H and O–H groups in total. The number of hydrogen-bond donors (Lipinski definition) is 0. The molecule has 5 rings (SSSR count). The number of methoxy groups -OCH3 is 1. The van der Waals surface area contributed by atoms with E-state index in [1.54, 1.807) is 13.4 Å². The zero-order valence-corrected chi connectivity index (χ0v) is 14.0. The summed E-state index contributed by atoms with van der Waals surface area (Å²) < 4.78 is 11.7. The molecule has 0 bridgehead atoms. The minimum Gasteiger partial charge on any atom is -0.493 e. The third kappa shape index (κ3) is 2.21. The van der Waals surface area contributed by atoms with Gasteiger partial charge in [0.2, 0.25) is 0 Å². The Kier molecular flexibility index (Phi) is 3.23. The van der Waals surface area contributed by atoms with E-state index in [1.807, 2.05) is 24.4 Å². The molecule has 4 aromatic rings. The number of hydrogen-bond acceptors (Lipinski definition) is 4. The van der Waals surface area contributed by atoms with Crippen LogP contribution >= 0.6 is 0 Å². The lowest BCUT2D eigenvalue weighted by Gasteiger charge is -2.24. The van der Waals surface area contributed by atoms with Gasteiger partial charge in [-0.1, -0.05) is 24.3 Å². The topological polar surface area (TPSA) is 48.2 Å². The van der Waals surface area contributed by atoms with Crippen LogP contribution in [0.4, 0.5) is 0 Å². The van der Waals surface area contributed by atoms with Crippen molar-refractivity contribution >= 4 is 21.9 Å². The molecule has 0 saturated heterocycles. The number of fused-ring (bicyclic) bond motifs is 4. The molecule has 1 aliphatic rings. The molecule has 0 saturated carbocycles. The van der Waals surface area contributed by atoms with Gasteiger partial charge < -0.3 is 9.15 Å². The number of ether oxygens (including phenoxy) is 1. The highest BCUT2D eigenvalue weighted by Gasteiger charge is 2.25. The number of furan rings is 1. The van der Waals surface area contributed by atoms with E-state index in [2.05, 4.69) is 28.2 Å². The van der Waals surface area contributed by atoms with Crippen LogP contribution in [0.3, 0.4) is 0 Å². The smallest absolute Gasteiger partial charge is 0.177 e. The number of benzene rings is 2. The monoisotopic (exact) mass is 330 g/mol. The molecule has 0 fully saturated rings. The Hall–Kier alpha value is -2.88. The molecule has 0 amide bonds. The van der Waals surface area contributed by atoms with Gasteiger partial charge in [0.05, 0.1) is 7.11 Å². The number of rotatable bonds is 2. The van der Waals surface area contributed by atoms with Gasteiger partial charge in [0.1, 0.15) is 11.9 Å². The highest BCUT2D eigenvalue weighted by atomic mass is 16.5. The van der Waals surface area contributed by atoms with Gasteiger partial charge in [0.25, 0.3) is 0 Å². The lowest BCUT2D eigenvalue weighted by molar-refractivity contribution is 0.411. The van der Waals surface area contributed by atoms with E-state index in [1.165, 1.54) is 22.2 Å². The molecule has 2 heterocycles. The summed E-state index contributed by atoms with van der Waals surface area (Å²) in [6.07, 6.45) is 6.66. The summed E-state index contributed by atoms with van der Waals surface area (Å²) in [5.41, 5.74) is 5.53. The predicted octanol–water partition coefficient (Wildman–Crippen LogP) is 4.66. The van der Waals surface area contributed by atoms with Crippen molar-refractivity contribution in [3.8, 4) is 5.75 Å². The number of aryl methyl sites for hydroxylation is 1. The van der Waals surface area contributed by atoms with Gasteiger partial charge in [-0.3, -0.25) is 0 Å². The van der Waals surface area contributed by atoms with Crippen LogP contribution in [0.2, 0.25) is 0 Å². The van der Waals surface area contributed by atoms with Gasteiger partial charge in [-0.2, -0.15) is 0 Å². The second-order valence-electron chi connectivity index (χ2n) is 6.59. The maximum atomic E-state index is 6.13. The van der Waals surface area contributed by atoms with Gasteiger partial charge in [0.15, 0.2) is 11.3 Å². The molecule has 4 heteroatoms. The highest BCUT2D eigenvalue weighted by molar-refractivity contribution is 6.08. The van der Waals surface area contributed by atoms with E-state index >= 15 is 0 Å². The molecule has 1 aliphatic carbocycles. The van der Waals surface area contributed by atoms with Gasteiger partial charge in [-0.25, -0.2) is 9.97 Å². The maximum Gasteiger partial charge on any atom is 0.177 e. The van der Waals surface area contributed by atoms with E-state index in [9.17, 15) is 0 Å². The zero-order chi connectivity index (χ0) is 16.8. The first kappa shape index (κ1) is 14.5. The van der Waals surface area contributed by atoms with Gasteiger partial charge in [-0.15, -0.1) is 0 Å². The molecule has 1 unspecified atom stereocenters. The number of aromatic nitrogens is 2. The first-order chi connectivity index (χ1) is 12.3. The fraction of sp³-hybridized carbons (Fsp3) is 0.238. The van der Waals surface area contributed by atoms with Crippen LogP contribution < -0.4 is 4.74 Å². The lowest BCUT2D eigenvalue weighted by Crippen LogP contribution is -2.14. The van der Waals surface area contributed by atoms with E-state index in [0.717, 1.165) is 41.6 Å². The molecule has 124 valence electrons. The average molecular weight is 330 g/mol. The average Bonchev–Trinajstić information content (AvgIpc) is 3.06.